The third-order valence-electron chi connectivity index (χ3n) is 4.88. The van der Waals surface area contributed by atoms with E-state index >= 15 is 0 Å². The monoisotopic (exact) mass is 311 g/mol. The van der Waals surface area contributed by atoms with Gasteiger partial charge in [0.2, 0.25) is 5.91 Å². The molecule has 5 heteroatoms. The molecule has 21 heavy (non-hydrogen) atoms. The van der Waals surface area contributed by atoms with Gasteiger partial charge in [-0.25, -0.2) is 0 Å². The lowest BCUT2D eigenvalue weighted by molar-refractivity contribution is -0.128. The van der Waals surface area contributed by atoms with Gasteiger partial charge in [0.1, 0.15) is 0 Å². The van der Waals surface area contributed by atoms with Crippen molar-refractivity contribution in [2.24, 2.45) is 11.1 Å². The molecule has 1 saturated heterocycles. The van der Waals surface area contributed by atoms with E-state index in [9.17, 15) is 4.79 Å². The number of likely N-dealkylation sites (tertiary alicyclic amines) is 1. The Bertz CT molecular complexity index is 389. The van der Waals surface area contributed by atoms with Crippen LogP contribution >= 0.6 is 12.2 Å². The normalized spacial score (nSPS) is 23.2. The molecule has 0 aromatic heterocycles. The van der Waals surface area contributed by atoms with Crippen molar-refractivity contribution < 1.29 is 4.79 Å². The van der Waals surface area contributed by atoms with Crippen molar-refractivity contribution in [3.05, 3.63) is 0 Å². The second kappa shape index (κ2) is 7.05. The van der Waals surface area contributed by atoms with Crippen molar-refractivity contribution in [2.75, 3.05) is 13.1 Å². The summed E-state index contributed by atoms with van der Waals surface area (Å²) < 4.78 is 0. The summed E-state index contributed by atoms with van der Waals surface area (Å²) in [6.07, 6.45) is 7.04. The second-order valence-electron chi connectivity index (χ2n) is 6.63. The Morgan fingerprint density at radius 3 is 2.38 bits per heavy atom. The van der Waals surface area contributed by atoms with Gasteiger partial charge in [-0.3, -0.25) is 9.69 Å². The molecule has 1 unspecified atom stereocenters. The topological polar surface area (TPSA) is 58.4 Å². The lowest BCUT2D eigenvalue weighted by atomic mass is 9.78. The minimum absolute atomic E-state index is 0.0568. The highest BCUT2D eigenvalue weighted by Gasteiger charge is 2.42. The highest BCUT2D eigenvalue weighted by Crippen LogP contribution is 2.33. The van der Waals surface area contributed by atoms with E-state index in [1.165, 1.54) is 12.8 Å². The van der Waals surface area contributed by atoms with E-state index in [2.05, 4.69) is 24.1 Å². The molecule has 3 N–H and O–H groups in total. The number of nitrogens with one attached hydrogen (secondary N) is 1. The molecule has 0 spiro atoms. The molecule has 2 rings (SSSR count). The van der Waals surface area contributed by atoms with Crippen molar-refractivity contribution >= 4 is 23.1 Å². The van der Waals surface area contributed by atoms with Gasteiger partial charge in [0.25, 0.3) is 0 Å². The van der Waals surface area contributed by atoms with Crippen LogP contribution in [0.25, 0.3) is 0 Å². The zero-order chi connectivity index (χ0) is 15.5. The first-order valence-electron chi connectivity index (χ1n) is 8.38. The number of amides is 1. The van der Waals surface area contributed by atoms with E-state index in [4.69, 9.17) is 18.0 Å². The van der Waals surface area contributed by atoms with Crippen LogP contribution in [0.4, 0.5) is 0 Å². The molecule has 0 aromatic carbocycles. The molecule has 1 amide bonds. The first-order valence-corrected chi connectivity index (χ1v) is 8.79. The minimum Gasteiger partial charge on any atom is -0.392 e. The van der Waals surface area contributed by atoms with Gasteiger partial charge in [0.15, 0.2) is 0 Å². The van der Waals surface area contributed by atoms with Crippen LogP contribution in [0, 0.1) is 5.41 Å². The first-order chi connectivity index (χ1) is 10.0. The summed E-state index contributed by atoms with van der Waals surface area (Å²) in [5.74, 6) is 0.0568. The molecule has 1 atom stereocenters. The molecule has 2 fully saturated rings. The Morgan fingerprint density at radius 2 is 1.90 bits per heavy atom. The summed E-state index contributed by atoms with van der Waals surface area (Å²) in [5, 5.41) is 3.24. The largest absolute Gasteiger partial charge is 0.392 e. The number of thiocarbonyl (C=S) groups is 1. The van der Waals surface area contributed by atoms with Crippen LogP contribution in [-0.4, -0.2) is 41.0 Å². The van der Waals surface area contributed by atoms with E-state index in [1.807, 2.05) is 0 Å². The Hall–Kier alpha value is -0.680. The number of hydrogen-bond acceptors (Lipinski definition) is 3. The zero-order valence-corrected chi connectivity index (χ0v) is 14.2. The number of nitrogens with zero attached hydrogens (tertiary/aromatic N) is 1. The number of carbonyl (C=O) groups is 1. The van der Waals surface area contributed by atoms with Crippen LogP contribution in [0.15, 0.2) is 0 Å². The third kappa shape index (κ3) is 3.75. The molecular formula is C16H29N3OS. The van der Waals surface area contributed by atoms with Crippen molar-refractivity contribution in [2.45, 2.75) is 70.9 Å². The van der Waals surface area contributed by atoms with Crippen LogP contribution in [0.5, 0.6) is 0 Å². The Kier molecular flexibility index (Phi) is 5.60. The summed E-state index contributed by atoms with van der Waals surface area (Å²) >= 11 is 5.26. The summed E-state index contributed by atoms with van der Waals surface area (Å²) in [7, 11) is 0. The number of nitrogens with two attached hydrogens (primary N) is 1. The zero-order valence-electron chi connectivity index (χ0n) is 13.4. The highest BCUT2D eigenvalue weighted by atomic mass is 32.1. The molecule has 120 valence electrons. The van der Waals surface area contributed by atoms with Crippen LogP contribution in [-0.2, 0) is 4.79 Å². The van der Waals surface area contributed by atoms with Gasteiger partial charge in [-0.15, -0.1) is 0 Å². The fraction of sp³-hybridized carbons (Fsp3) is 0.875. The Labute approximate surface area is 133 Å². The maximum atomic E-state index is 12.8. The average molecular weight is 311 g/mol. The molecule has 0 bridgehead atoms. The number of carbonyl (C=O) groups excluding carboxylic acids is 1. The van der Waals surface area contributed by atoms with Gasteiger partial charge >= 0.3 is 0 Å². The molecule has 4 nitrogen and oxygen atoms in total. The Balaban J connectivity index is 1.98. The van der Waals surface area contributed by atoms with Gasteiger partial charge in [-0.1, -0.05) is 38.9 Å². The fourth-order valence-corrected chi connectivity index (χ4v) is 3.86. The van der Waals surface area contributed by atoms with Gasteiger partial charge in [-0.2, -0.15) is 0 Å². The highest BCUT2D eigenvalue weighted by molar-refractivity contribution is 7.80. The molecular weight excluding hydrogens is 282 g/mol. The maximum absolute atomic E-state index is 12.8. The standard InChI is InChI=1S/C16H29N3OS/c1-3-8-16(9-4-2,14(17)21)15(20)18-12-7-10-19(11-12)13-5-6-13/h12-13H,3-11H2,1-2H3,(H2,17,21)(H,18,20). The smallest absolute Gasteiger partial charge is 0.233 e. The van der Waals surface area contributed by atoms with Crippen LogP contribution in [0.3, 0.4) is 0 Å². The van der Waals surface area contributed by atoms with Gasteiger partial charge in [0.05, 0.1) is 10.4 Å². The average Bonchev–Trinajstić information content (AvgIpc) is 3.19. The van der Waals surface area contributed by atoms with Gasteiger partial charge in [0, 0.05) is 25.2 Å². The van der Waals surface area contributed by atoms with Crippen molar-refractivity contribution in [1.82, 2.24) is 10.2 Å². The molecule has 1 heterocycles. The first kappa shape index (κ1) is 16.7. The van der Waals surface area contributed by atoms with E-state index in [1.54, 1.807) is 0 Å². The molecule has 2 aliphatic rings. The van der Waals surface area contributed by atoms with Crippen LogP contribution in [0.1, 0.15) is 58.8 Å². The SMILES string of the molecule is CCCC(CCC)(C(=O)NC1CCN(C2CC2)C1)C(N)=S. The molecule has 1 aliphatic heterocycles. The summed E-state index contributed by atoms with van der Waals surface area (Å²) in [5.41, 5.74) is 5.32. The van der Waals surface area contributed by atoms with E-state index in [0.717, 1.165) is 51.2 Å². The molecule has 1 aliphatic carbocycles. The Morgan fingerprint density at radius 1 is 1.29 bits per heavy atom. The van der Waals surface area contributed by atoms with E-state index in [0.29, 0.717) is 4.99 Å². The molecule has 0 aromatic rings. The second-order valence-corrected chi connectivity index (χ2v) is 7.07. The predicted molar refractivity (Wildman–Crippen MR) is 90.2 cm³/mol. The minimum atomic E-state index is -0.647. The fourth-order valence-electron chi connectivity index (χ4n) is 3.56. The predicted octanol–water partition coefficient (Wildman–Crippen LogP) is 2.21. The van der Waals surface area contributed by atoms with Gasteiger partial charge in [-0.05, 0) is 32.1 Å². The van der Waals surface area contributed by atoms with Crippen molar-refractivity contribution in [3.63, 3.8) is 0 Å². The summed E-state index contributed by atoms with van der Waals surface area (Å²) in [6, 6.07) is 1.04. The summed E-state index contributed by atoms with van der Waals surface area (Å²) in [4.78, 5) is 15.7. The lowest BCUT2D eigenvalue weighted by Crippen LogP contribution is -2.52. The van der Waals surface area contributed by atoms with Gasteiger partial charge < -0.3 is 11.1 Å². The summed E-state index contributed by atoms with van der Waals surface area (Å²) in [6.45, 7) is 6.26. The molecule has 0 radical (unpaired) electrons. The number of rotatable bonds is 8. The number of hydrogen-bond donors (Lipinski definition) is 2. The lowest BCUT2D eigenvalue weighted by Gasteiger charge is -2.32. The third-order valence-corrected chi connectivity index (χ3v) is 5.27. The maximum Gasteiger partial charge on any atom is 0.233 e. The van der Waals surface area contributed by atoms with Crippen molar-refractivity contribution in [1.29, 1.82) is 0 Å². The van der Waals surface area contributed by atoms with E-state index < -0.39 is 5.41 Å². The van der Waals surface area contributed by atoms with E-state index in [-0.39, 0.29) is 11.9 Å². The quantitative estimate of drug-likeness (QED) is 0.675. The van der Waals surface area contributed by atoms with Crippen molar-refractivity contribution in [3.8, 4) is 0 Å². The molecule has 1 saturated carbocycles. The van der Waals surface area contributed by atoms with Crippen LogP contribution in [0.2, 0.25) is 0 Å². The van der Waals surface area contributed by atoms with Crippen LogP contribution < -0.4 is 11.1 Å².